The van der Waals surface area contributed by atoms with Crippen LogP contribution in [0.15, 0.2) is 66.7 Å². The summed E-state index contributed by atoms with van der Waals surface area (Å²) in [6.07, 6.45) is -1.69. The summed E-state index contributed by atoms with van der Waals surface area (Å²) in [4.78, 5) is 14.1. The zero-order chi connectivity index (χ0) is 24.3. The molecule has 1 heterocycles. The number of alkyl halides is 3. The number of benzene rings is 3. The van der Waals surface area contributed by atoms with E-state index in [1.165, 1.54) is 12.1 Å². The van der Waals surface area contributed by atoms with Gasteiger partial charge in [-0.3, -0.25) is 4.79 Å². The molecule has 3 aromatic carbocycles. The topological polar surface area (TPSA) is 41.1 Å². The highest BCUT2D eigenvalue weighted by Crippen LogP contribution is 2.32. The Morgan fingerprint density at radius 3 is 2.53 bits per heavy atom. The molecule has 7 heteroatoms. The second-order valence-electron chi connectivity index (χ2n) is 8.34. The molecule has 1 unspecified atom stereocenters. The van der Waals surface area contributed by atoms with Gasteiger partial charge in [0.1, 0.15) is 0 Å². The highest BCUT2D eigenvalue weighted by molar-refractivity contribution is 7.80. The summed E-state index contributed by atoms with van der Waals surface area (Å²) < 4.78 is 38.8. The van der Waals surface area contributed by atoms with Gasteiger partial charge in [0.15, 0.2) is 0 Å². The number of nitrogens with one attached hydrogen (secondary N) is 2. The van der Waals surface area contributed by atoms with E-state index in [9.17, 15) is 18.0 Å². The molecular weight excluding hydrogens is 457 g/mol. The van der Waals surface area contributed by atoms with E-state index >= 15 is 0 Å². The number of carbonyl (C=O) groups excluding carboxylic acids is 1. The van der Waals surface area contributed by atoms with Crippen molar-refractivity contribution in [2.45, 2.75) is 38.4 Å². The molecule has 4 rings (SSSR count). The summed E-state index contributed by atoms with van der Waals surface area (Å²) in [6.45, 7) is 2.92. The van der Waals surface area contributed by atoms with Crippen LogP contribution in [-0.2, 0) is 12.6 Å². The largest absolute Gasteiger partial charge is 0.416 e. The summed E-state index contributed by atoms with van der Waals surface area (Å²) >= 11 is 5.61. The molecule has 1 aliphatic rings. The fraction of sp³-hybridized carbons (Fsp3) is 0.259. The van der Waals surface area contributed by atoms with Crippen LogP contribution in [0.3, 0.4) is 0 Å². The molecule has 34 heavy (non-hydrogen) atoms. The molecule has 1 atom stereocenters. The van der Waals surface area contributed by atoms with Crippen LogP contribution < -0.4 is 10.6 Å². The monoisotopic (exact) mass is 482 g/mol. The lowest BCUT2D eigenvalue weighted by Gasteiger charge is -2.28. The number of fused-ring (bicyclic) bond motifs is 1. The van der Waals surface area contributed by atoms with Crippen LogP contribution in [0.2, 0.25) is 0 Å². The molecule has 3 nitrogen and oxygen atoms in total. The summed E-state index contributed by atoms with van der Waals surface area (Å²) in [5.74, 6) is -0.317. The number of rotatable bonds is 6. The van der Waals surface area contributed by atoms with Crippen molar-refractivity contribution in [1.29, 1.82) is 0 Å². The smallest absolute Gasteiger partial charge is 0.322 e. The van der Waals surface area contributed by atoms with Crippen LogP contribution in [0.25, 0.3) is 11.1 Å². The second kappa shape index (κ2) is 10.1. The molecule has 0 bridgehead atoms. The van der Waals surface area contributed by atoms with Crippen molar-refractivity contribution >= 4 is 28.7 Å². The van der Waals surface area contributed by atoms with E-state index in [1.807, 2.05) is 18.2 Å². The maximum Gasteiger partial charge on any atom is 0.416 e. The number of hydrogen-bond acceptors (Lipinski definition) is 3. The van der Waals surface area contributed by atoms with Crippen LogP contribution in [0.4, 0.5) is 18.9 Å². The standard InChI is InChI=1S/C27H25F3N2OS/c1-2-5-24(34)25-22-13-12-20(16-18(22)14-15-31-25)32-26(33)23-7-4-3-6-21(23)17-8-10-19(11-9-17)27(28,29)30/h3-4,6-13,16,25,31H,2,5,14-15H2,1H3,(H,32,33). The first-order chi connectivity index (χ1) is 16.3. The Balaban J connectivity index is 1.57. The Hall–Kier alpha value is -3.03. The molecule has 0 saturated heterocycles. The molecule has 0 spiro atoms. The van der Waals surface area contributed by atoms with Gasteiger partial charge < -0.3 is 10.6 Å². The van der Waals surface area contributed by atoms with Crippen LogP contribution in [0.1, 0.15) is 52.9 Å². The lowest BCUT2D eigenvalue weighted by atomic mass is 9.90. The molecule has 0 radical (unpaired) electrons. The molecule has 176 valence electrons. The summed E-state index contributed by atoms with van der Waals surface area (Å²) in [5, 5.41) is 6.44. The average molecular weight is 483 g/mol. The van der Waals surface area contributed by atoms with E-state index < -0.39 is 11.7 Å². The second-order valence-corrected chi connectivity index (χ2v) is 8.87. The first-order valence-electron chi connectivity index (χ1n) is 11.2. The molecule has 0 fully saturated rings. The van der Waals surface area contributed by atoms with Gasteiger partial charge in [-0.15, -0.1) is 0 Å². The van der Waals surface area contributed by atoms with E-state index in [4.69, 9.17) is 12.2 Å². The zero-order valence-corrected chi connectivity index (χ0v) is 19.5. The lowest BCUT2D eigenvalue weighted by molar-refractivity contribution is -0.137. The summed E-state index contributed by atoms with van der Waals surface area (Å²) in [7, 11) is 0. The van der Waals surface area contributed by atoms with Gasteiger partial charge in [-0.1, -0.05) is 62.0 Å². The third-order valence-corrected chi connectivity index (χ3v) is 6.41. The van der Waals surface area contributed by atoms with Crippen LogP contribution >= 0.6 is 12.2 Å². The van der Waals surface area contributed by atoms with E-state index in [0.717, 1.165) is 53.9 Å². The first kappa shape index (κ1) is 24.1. The third-order valence-electron chi connectivity index (χ3n) is 5.97. The molecular formula is C27H25F3N2OS. The Morgan fingerprint density at radius 1 is 1.09 bits per heavy atom. The van der Waals surface area contributed by atoms with Crippen LogP contribution in [-0.4, -0.2) is 17.3 Å². The van der Waals surface area contributed by atoms with Crippen LogP contribution in [0.5, 0.6) is 0 Å². The normalized spacial score (nSPS) is 15.5. The molecule has 0 saturated carbocycles. The molecule has 3 aromatic rings. The van der Waals surface area contributed by atoms with Crippen molar-refractivity contribution in [1.82, 2.24) is 5.32 Å². The van der Waals surface area contributed by atoms with E-state index in [-0.39, 0.29) is 11.9 Å². The minimum atomic E-state index is -4.41. The quantitative estimate of drug-likeness (QED) is 0.373. The predicted molar refractivity (Wildman–Crippen MR) is 133 cm³/mol. The molecule has 1 aliphatic heterocycles. The summed E-state index contributed by atoms with van der Waals surface area (Å²) in [6, 6.07) is 17.6. The molecule has 0 aliphatic carbocycles. The number of amides is 1. The number of halogens is 3. The molecule has 0 aromatic heterocycles. The predicted octanol–water partition coefficient (Wildman–Crippen LogP) is 6.98. The van der Waals surface area contributed by atoms with Gasteiger partial charge in [0.2, 0.25) is 0 Å². The van der Waals surface area contributed by atoms with Crippen molar-refractivity contribution in [2.75, 3.05) is 11.9 Å². The van der Waals surface area contributed by atoms with Gasteiger partial charge in [0.25, 0.3) is 5.91 Å². The van der Waals surface area contributed by atoms with Crippen molar-refractivity contribution < 1.29 is 18.0 Å². The lowest BCUT2D eigenvalue weighted by Crippen LogP contribution is -2.34. The highest BCUT2D eigenvalue weighted by atomic mass is 32.1. The van der Waals surface area contributed by atoms with Crippen molar-refractivity contribution in [3.05, 3.63) is 89.0 Å². The fourth-order valence-electron chi connectivity index (χ4n) is 4.29. The Bertz CT molecular complexity index is 1210. The number of carbonyl (C=O) groups is 1. The van der Waals surface area contributed by atoms with Crippen molar-refractivity contribution in [2.24, 2.45) is 0 Å². The average Bonchev–Trinajstić information content (AvgIpc) is 2.83. The molecule has 1 amide bonds. The maximum atomic E-state index is 13.1. The van der Waals surface area contributed by atoms with Gasteiger partial charge >= 0.3 is 6.18 Å². The van der Waals surface area contributed by atoms with E-state index in [0.29, 0.717) is 22.4 Å². The fourth-order valence-corrected chi connectivity index (χ4v) is 4.71. The minimum Gasteiger partial charge on any atom is -0.322 e. The number of thiocarbonyl (C=S) groups is 1. The van der Waals surface area contributed by atoms with E-state index in [2.05, 4.69) is 17.6 Å². The Kier molecular flexibility index (Phi) is 7.14. The highest BCUT2D eigenvalue weighted by Gasteiger charge is 2.30. The first-order valence-corrected chi connectivity index (χ1v) is 11.7. The maximum absolute atomic E-state index is 13.1. The zero-order valence-electron chi connectivity index (χ0n) is 18.7. The van der Waals surface area contributed by atoms with Crippen molar-refractivity contribution in [3.8, 4) is 11.1 Å². The van der Waals surface area contributed by atoms with E-state index in [1.54, 1.807) is 24.3 Å². The number of hydrogen-bond donors (Lipinski definition) is 2. The number of anilines is 1. The summed E-state index contributed by atoms with van der Waals surface area (Å²) in [5.41, 5.74) is 3.75. The Labute approximate surface area is 202 Å². The van der Waals surface area contributed by atoms with Gasteiger partial charge in [-0.2, -0.15) is 13.2 Å². The van der Waals surface area contributed by atoms with Gasteiger partial charge in [0, 0.05) is 22.7 Å². The molecule has 2 N–H and O–H groups in total. The van der Waals surface area contributed by atoms with Gasteiger partial charge in [-0.05, 0) is 65.4 Å². The minimum absolute atomic E-state index is 0.0452. The van der Waals surface area contributed by atoms with Crippen LogP contribution in [0, 0.1) is 0 Å². The third kappa shape index (κ3) is 5.21. The van der Waals surface area contributed by atoms with Crippen molar-refractivity contribution in [3.63, 3.8) is 0 Å². The van der Waals surface area contributed by atoms with Gasteiger partial charge in [0.05, 0.1) is 11.6 Å². The van der Waals surface area contributed by atoms with Gasteiger partial charge in [-0.25, -0.2) is 0 Å². The SMILES string of the molecule is CCCC(=S)C1NCCc2cc(NC(=O)c3ccccc3-c3ccc(C(F)(F)F)cc3)ccc21. The Morgan fingerprint density at radius 2 is 1.82 bits per heavy atom.